The largest absolute Gasteiger partial charge is 0.475 e. The van der Waals surface area contributed by atoms with Gasteiger partial charge in [-0.25, -0.2) is 9.78 Å². The lowest BCUT2D eigenvalue weighted by Gasteiger charge is -2.00. The first-order chi connectivity index (χ1) is 9.32. The Morgan fingerprint density at radius 1 is 1.30 bits per heavy atom. The Morgan fingerprint density at radius 3 is 2.35 bits per heavy atom. The summed E-state index contributed by atoms with van der Waals surface area (Å²) in [5.74, 6) is -3.98. The van der Waals surface area contributed by atoms with Crippen LogP contribution in [0, 0.1) is 0 Å². The second kappa shape index (κ2) is 4.99. The topological polar surface area (TPSA) is 63.3 Å². The third kappa shape index (κ3) is 2.66. The summed E-state index contributed by atoms with van der Waals surface area (Å²) in [5, 5.41) is 8.91. The van der Waals surface area contributed by atoms with Crippen molar-refractivity contribution < 1.29 is 27.5 Å². The summed E-state index contributed by atoms with van der Waals surface area (Å²) in [7, 11) is 0. The highest BCUT2D eigenvalue weighted by molar-refractivity contribution is 5.91. The average molecular weight is 285 g/mol. The molecule has 1 aromatic heterocycles. The van der Waals surface area contributed by atoms with Crippen molar-refractivity contribution in [3.63, 3.8) is 0 Å². The number of carbonyl (C=O) groups is 1. The minimum absolute atomic E-state index is 0.263. The summed E-state index contributed by atoms with van der Waals surface area (Å²) >= 11 is 0. The maximum absolute atomic E-state index is 12.5. The fourth-order valence-electron chi connectivity index (χ4n) is 1.68. The van der Waals surface area contributed by atoms with E-state index < -0.39 is 23.8 Å². The average Bonchev–Trinajstić information content (AvgIpc) is 2.84. The molecule has 20 heavy (non-hydrogen) atoms. The number of benzene rings is 1. The first kappa shape index (κ1) is 14.1. The zero-order valence-electron chi connectivity index (χ0n) is 10.4. The van der Waals surface area contributed by atoms with Gasteiger partial charge in [0.1, 0.15) is 5.69 Å². The Kier molecular flexibility index (Phi) is 3.52. The van der Waals surface area contributed by atoms with Crippen LogP contribution in [0.25, 0.3) is 11.3 Å². The van der Waals surface area contributed by atoms with Crippen LogP contribution in [0.4, 0.5) is 13.2 Å². The minimum atomic E-state index is -4.83. The van der Waals surface area contributed by atoms with Gasteiger partial charge in [0, 0.05) is 5.56 Å². The van der Waals surface area contributed by atoms with Gasteiger partial charge < -0.3 is 9.52 Å². The highest BCUT2D eigenvalue weighted by Gasteiger charge is 2.39. The number of oxazole rings is 1. The van der Waals surface area contributed by atoms with Crippen LogP contribution in [-0.2, 0) is 12.6 Å². The highest BCUT2D eigenvalue weighted by Crippen LogP contribution is 2.33. The van der Waals surface area contributed by atoms with Crippen molar-refractivity contribution in [2.24, 2.45) is 0 Å². The zero-order valence-corrected chi connectivity index (χ0v) is 10.4. The van der Waals surface area contributed by atoms with E-state index in [1.165, 1.54) is 12.1 Å². The molecule has 1 aromatic carbocycles. The fourth-order valence-corrected chi connectivity index (χ4v) is 1.68. The maximum atomic E-state index is 12.5. The lowest BCUT2D eigenvalue weighted by Crippen LogP contribution is -2.04. The molecule has 0 spiro atoms. The molecule has 2 aromatic rings. The van der Waals surface area contributed by atoms with Crippen molar-refractivity contribution in [2.75, 3.05) is 0 Å². The van der Waals surface area contributed by atoms with Crippen LogP contribution in [0.3, 0.4) is 0 Å². The summed E-state index contributed by atoms with van der Waals surface area (Å²) in [6.07, 6.45) is -4.06. The smallest absolute Gasteiger partial charge is 0.468 e. The van der Waals surface area contributed by atoms with Crippen LogP contribution in [-0.4, -0.2) is 16.1 Å². The van der Waals surface area contributed by atoms with Crippen LogP contribution in [0.2, 0.25) is 0 Å². The van der Waals surface area contributed by atoms with Gasteiger partial charge in [0.05, 0.1) is 0 Å². The lowest BCUT2D eigenvalue weighted by molar-refractivity contribution is -0.157. The van der Waals surface area contributed by atoms with Gasteiger partial charge in [-0.05, 0) is 12.0 Å². The van der Waals surface area contributed by atoms with E-state index in [0.29, 0.717) is 0 Å². The van der Waals surface area contributed by atoms with Crippen molar-refractivity contribution >= 4 is 5.97 Å². The number of aromatic nitrogens is 1. The molecule has 4 nitrogen and oxygen atoms in total. The van der Waals surface area contributed by atoms with Crippen molar-refractivity contribution in [2.45, 2.75) is 19.5 Å². The number of alkyl halides is 3. The van der Waals surface area contributed by atoms with Crippen molar-refractivity contribution in [1.82, 2.24) is 4.98 Å². The molecular formula is C13H10F3NO3. The molecule has 2 rings (SSSR count). The van der Waals surface area contributed by atoms with Crippen molar-refractivity contribution in [3.05, 3.63) is 41.5 Å². The fraction of sp³-hybridized carbons (Fsp3) is 0.231. The van der Waals surface area contributed by atoms with Gasteiger partial charge in [-0.2, -0.15) is 13.2 Å². The normalized spacial score (nSPS) is 11.6. The van der Waals surface area contributed by atoms with Crippen LogP contribution < -0.4 is 0 Å². The quantitative estimate of drug-likeness (QED) is 0.935. The Bertz CT molecular complexity index is 629. The first-order valence-electron chi connectivity index (χ1n) is 5.73. The molecule has 7 heteroatoms. The van der Waals surface area contributed by atoms with E-state index in [0.717, 1.165) is 12.0 Å². The summed E-state index contributed by atoms with van der Waals surface area (Å²) in [6.45, 7) is 1.93. The summed E-state index contributed by atoms with van der Waals surface area (Å²) in [4.78, 5) is 14.2. The molecule has 0 unspecified atom stereocenters. The van der Waals surface area contributed by atoms with Gasteiger partial charge in [-0.15, -0.1) is 0 Å². The number of aromatic carboxylic acids is 1. The Hall–Kier alpha value is -2.31. The Labute approximate surface area is 111 Å². The van der Waals surface area contributed by atoms with Gasteiger partial charge in [0.15, 0.2) is 0 Å². The second-order valence-corrected chi connectivity index (χ2v) is 4.05. The number of rotatable bonds is 3. The van der Waals surface area contributed by atoms with Crippen LogP contribution in [0.15, 0.2) is 28.7 Å². The van der Waals surface area contributed by atoms with E-state index in [4.69, 9.17) is 5.11 Å². The zero-order chi connectivity index (χ0) is 14.9. The molecule has 1 N–H and O–H groups in total. The third-order valence-electron chi connectivity index (χ3n) is 2.70. The number of halogens is 3. The number of nitrogens with zero attached hydrogens (tertiary/aromatic N) is 1. The van der Waals surface area contributed by atoms with Crippen LogP contribution in [0.1, 0.15) is 28.9 Å². The lowest BCUT2D eigenvalue weighted by atomic mass is 10.1. The SMILES string of the molecule is CCc1ccc(-c2nc(C(F)(F)F)oc2C(=O)O)cc1. The highest BCUT2D eigenvalue weighted by atomic mass is 19.4. The number of hydrogen-bond acceptors (Lipinski definition) is 3. The van der Waals surface area contributed by atoms with Gasteiger partial charge in [0.2, 0.25) is 5.76 Å². The minimum Gasteiger partial charge on any atom is -0.475 e. The summed E-state index contributed by atoms with van der Waals surface area (Å²) in [5.41, 5.74) is 0.913. The van der Waals surface area contributed by atoms with E-state index in [9.17, 15) is 18.0 Å². The molecular weight excluding hydrogens is 275 g/mol. The molecule has 0 bridgehead atoms. The predicted octanol–water partition coefficient (Wildman–Crippen LogP) is 3.62. The first-order valence-corrected chi connectivity index (χ1v) is 5.73. The number of aryl methyl sites for hydroxylation is 1. The Morgan fingerprint density at radius 2 is 1.90 bits per heavy atom. The molecule has 0 saturated carbocycles. The van der Waals surface area contributed by atoms with Gasteiger partial charge in [-0.3, -0.25) is 0 Å². The summed E-state index contributed by atoms with van der Waals surface area (Å²) in [6, 6.07) is 6.43. The van der Waals surface area contributed by atoms with E-state index in [2.05, 4.69) is 9.40 Å². The van der Waals surface area contributed by atoms with Gasteiger partial charge >= 0.3 is 18.0 Å². The Balaban J connectivity index is 2.53. The van der Waals surface area contributed by atoms with E-state index >= 15 is 0 Å². The van der Waals surface area contributed by atoms with Gasteiger partial charge in [0.25, 0.3) is 0 Å². The molecule has 0 aliphatic rings. The van der Waals surface area contributed by atoms with Crippen molar-refractivity contribution in [1.29, 1.82) is 0 Å². The molecule has 0 fully saturated rings. The van der Waals surface area contributed by atoms with Crippen LogP contribution >= 0.6 is 0 Å². The molecule has 0 aliphatic heterocycles. The third-order valence-corrected chi connectivity index (χ3v) is 2.70. The molecule has 0 saturated heterocycles. The van der Waals surface area contributed by atoms with E-state index in [-0.39, 0.29) is 11.3 Å². The standard InChI is InChI=1S/C13H10F3NO3/c1-2-7-3-5-8(6-4-7)9-10(11(18)19)20-12(17-9)13(14,15)16/h3-6H,2H2,1H3,(H,18,19). The molecule has 0 amide bonds. The number of hydrogen-bond donors (Lipinski definition) is 1. The molecule has 106 valence electrons. The molecule has 0 atom stereocenters. The number of carboxylic acids is 1. The van der Waals surface area contributed by atoms with Crippen LogP contribution in [0.5, 0.6) is 0 Å². The molecule has 0 radical (unpaired) electrons. The number of carboxylic acid groups (broad SMARTS) is 1. The monoisotopic (exact) mass is 285 g/mol. The maximum Gasteiger partial charge on any atom is 0.468 e. The predicted molar refractivity (Wildman–Crippen MR) is 63.3 cm³/mol. The van der Waals surface area contributed by atoms with Gasteiger partial charge in [-0.1, -0.05) is 31.2 Å². The van der Waals surface area contributed by atoms with Crippen molar-refractivity contribution in [3.8, 4) is 11.3 Å². The van der Waals surface area contributed by atoms with E-state index in [1.54, 1.807) is 12.1 Å². The summed E-state index contributed by atoms with van der Waals surface area (Å²) < 4.78 is 41.9. The molecule has 1 heterocycles. The molecule has 0 aliphatic carbocycles. The van der Waals surface area contributed by atoms with E-state index in [1.807, 2.05) is 6.92 Å². The second-order valence-electron chi connectivity index (χ2n) is 4.05.